The first-order chi connectivity index (χ1) is 23.2. The number of aliphatic imine (C=N–C) groups is 1. The quantitative estimate of drug-likeness (QED) is 0.0145. The molecule has 0 amide bonds. The van der Waals surface area contributed by atoms with Crippen LogP contribution in [0.3, 0.4) is 0 Å². The van der Waals surface area contributed by atoms with Crippen molar-refractivity contribution in [3.8, 4) is 0 Å². The second-order valence-electron chi connectivity index (χ2n) is 9.19. The highest BCUT2D eigenvalue weighted by molar-refractivity contribution is 7.95. The van der Waals surface area contributed by atoms with Crippen molar-refractivity contribution < 1.29 is 48.0 Å². The van der Waals surface area contributed by atoms with E-state index in [1.54, 1.807) is 24.3 Å². The molecule has 48 heavy (non-hydrogen) atoms. The Hall–Kier alpha value is -4.11. The van der Waals surface area contributed by atoms with Crippen molar-refractivity contribution in [2.45, 2.75) is 0 Å². The number of hydrogen-bond acceptors (Lipinski definition) is 22. The highest BCUT2D eigenvalue weighted by Crippen LogP contribution is 2.24. The molecule has 0 unspecified atom stereocenters. The highest BCUT2D eigenvalue weighted by atomic mass is 32.2. The monoisotopic (exact) mass is 716 g/mol. The number of aliphatic hydroxyl groups is 4. The molecule has 3 aromatic rings. The van der Waals surface area contributed by atoms with E-state index in [1.165, 1.54) is 16.0 Å². The molecule has 9 N–H and O–H groups in total. The zero-order chi connectivity index (χ0) is 34.8. The number of rotatable bonds is 23. The number of hydrogen-bond donors (Lipinski definition) is 9. The molecule has 264 valence electrons. The molecule has 0 saturated carbocycles. The molecule has 2 heterocycles. The van der Waals surface area contributed by atoms with E-state index in [4.69, 9.17) is 9.81 Å². The summed E-state index contributed by atoms with van der Waals surface area (Å²) in [5.74, 6) is -0.161. The van der Waals surface area contributed by atoms with E-state index < -0.39 is 15.9 Å². The minimum atomic E-state index is -4.25. The Morgan fingerprint density at radius 1 is 0.812 bits per heavy atom. The van der Waals surface area contributed by atoms with Crippen molar-refractivity contribution in [3.05, 3.63) is 24.3 Å². The van der Waals surface area contributed by atoms with Gasteiger partial charge < -0.3 is 46.2 Å². The molecule has 0 bridgehead atoms. The standard InChI is InChI=1S/C24H36N12O10S2/c37-10-6-35(7-11-38)23-31-19(25-4-14-47-46-45-41)29-21(33-23)27-17-2-1-3-18(16-17)28-22-30-20(26-5-15-48(42,43)44)32-24(34-22)36(8-12-39)9-13-40/h1-4,16,37-41H,5-15H2,(H,42,43,44)(H,27,29,31,33)(H2,26,28,30,32,34)/b25-4-. The van der Waals surface area contributed by atoms with Crippen LogP contribution in [0.2, 0.25) is 0 Å². The molecule has 0 fully saturated rings. The highest BCUT2D eigenvalue weighted by Gasteiger charge is 2.16. The molecule has 0 saturated heterocycles. The van der Waals surface area contributed by atoms with Crippen molar-refractivity contribution in [2.24, 2.45) is 4.99 Å². The molecule has 0 aliphatic rings. The maximum absolute atomic E-state index is 11.2. The van der Waals surface area contributed by atoms with Gasteiger partial charge in [0.1, 0.15) is 0 Å². The summed E-state index contributed by atoms with van der Waals surface area (Å²) in [6.45, 7) is -0.769. The molecule has 2 aromatic heterocycles. The van der Waals surface area contributed by atoms with Gasteiger partial charge in [0, 0.05) is 62.4 Å². The van der Waals surface area contributed by atoms with Gasteiger partial charge >= 0.3 is 0 Å². The van der Waals surface area contributed by atoms with Gasteiger partial charge in [-0.25, -0.2) is 10.2 Å². The van der Waals surface area contributed by atoms with Crippen molar-refractivity contribution in [1.29, 1.82) is 0 Å². The fraction of sp³-hybridized carbons (Fsp3) is 0.458. The number of anilines is 7. The molecule has 0 spiro atoms. The summed E-state index contributed by atoms with van der Waals surface area (Å²) in [5, 5.41) is 58.5. The van der Waals surface area contributed by atoms with Gasteiger partial charge in [0.2, 0.25) is 29.7 Å². The zero-order valence-corrected chi connectivity index (χ0v) is 27.0. The minimum absolute atomic E-state index is 0.00905. The number of benzene rings is 1. The molecule has 0 atom stereocenters. The summed E-state index contributed by atoms with van der Waals surface area (Å²) >= 11 is 0.752. The molecule has 1 aromatic carbocycles. The van der Waals surface area contributed by atoms with Gasteiger partial charge in [-0.1, -0.05) is 11.1 Å². The predicted molar refractivity (Wildman–Crippen MR) is 176 cm³/mol. The SMILES string of the molecule is O=S(=O)(O)CCNc1nc(Nc2cccc(Nc3nc(/N=C\CSOOO)nc(N(CCO)CCO)n3)c2)nc(N(CCO)CCO)n1. The summed E-state index contributed by atoms with van der Waals surface area (Å²) in [6, 6.07) is 6.79. The van der Waals surface area contributed by atoms with Crippen LogP contribution in [0.1, 0.15) is 0 Å². The van der Waals surface area contributed by atoms with Gasteiger partial charge in [-0.3, -0.25) is 4.55 Å². The molecular weight excluding hydrogens is 680 g/mol. The van der Waals surface area contributed by atoms with Crippen LogP contribution >= 0.6 is 12.0 Å². The Balaban J connectivity index is 1.90. The second-order valence-corrected chi connectivity index (χ2v) is 11.5. The van der Waals surface area contributed by atoms with Gasteiger partial charge in [-0.2, -0.15) is 38.3 Å². The van der Waals surface area contributed by atoms with Crippen LogP contribution in [0.5, 0.6) is 0 Å². The van der Waals surface area contributed by atoms with Crippen LogP contribution in [-0.4, -0.2) is 145 Å². The van der Waals surface area contributed by atoms with E-state index >= 15 is 0 Å². The Morgan fingerprint density at radius 2 is 1.35 bits per heavy atom. The van der Waals surface area contributed by atoms with E-state index in [0.29, 0.717) is 11.4 Å². The van der Waals surface area contributed by atoms with Crippen molar-refractivity contribution in [3.63, 3.8) is 0 Å². The summed E-state index contributed by atoms with van der Waals surface area (Å²) in [4.78, 5) is 33.1. The first-order valence-corrected chi connectivity index (χ1v) is 16.6. The summed E-state index contributed by atoms with van der Waals surface area (Å²) in [5.41, 5.74) is 0.977. The topological polar surface area (TPSA) is 306 Å². The Morgan fingerprint density at radius 3 is 1.90 bits per heavy atom. The predicted octanol–water partition coefficient (Wildman–Crippen LogP) is -0.803. The lowest BCUT2D eigenvalue weighted by atomic mass is 10.3. The maximum atomic E-state index is 11.2. The van der Waals surface area contributed by atoms with Gasteiger partial charge in [0.15, 0.2) is 0 Å². The summed E-state index contributed by atoms with van der Waals surface area (Å²) < 4.78 is 35.7. The molecular formula is C24H36N12O10S2. The number of nitrogens with zero attached hydrogens (tertiary/aromatic N) is 9. The normalized spacial score (nSPS) is 11.5. The van der Waals surface area contributed by atoms with Gasteiger partial charge in [0.05, 0.1) is 37.9 Å². The average Bonchev–Trinajstić information content (AvgIpc) is 3.04. The third-order valence-corrected chi connectivity index (χ3v) is 6.89. The average molecular weight is 717 g/mol. The maximum Gasteiger partial charge on any atom is 0.266 e. The van der Waals surface area contributed by atoms with Gasteiger partial charge in [-0.15, -0.1) is 4.33 Å². The van der Waals surface area contributed by atoms with Crippen LogP contribution in [0.15, 0.2) is 29.3 Å². The molecule has 3 rings (SSSR count). The Labute approximate surface area is 278 Å². The van der Waals surface area contributed by atoms with Crippen molar-refractivity contribution >= 4 is 75.4 Å². The first kappa shape index (κ1) is 38.3. The molecule has 0 aliphatic heterocycles. The summed E-state index contributed by atoms with van der Waals surface area (Å²) in [7, 11) is -4.25. The van der Waals surface area contributed by atoms with Crippen LogP contribution in [0.25, 0.3) is 0 Å². The lowest BCUT2D eigenvalue weighted by molar-refractivity contribution is -0.432. The third kappa shape index (κ3) is 13.6. The lowest BCUT2D eigenvalue weighted by Crippen LogP contribution is -2.32. The first-order valence-electron chi connectivity index (χ1n) is 14.1. The number of aromatic nitrogens is 6. The van der Waals surface area contributed by atoms with Crippen molar-refractivity contribution in [2.75, 3.05) is 96.4 Å². The summed E-state index contributed by atoms with van der Waals surface area (Å²) in [6.07, 6.45) is 1.40. The number of nitrogens with one attached hydrogen (secondary N) is 3. The second kappa shape index (κ2) is 20.3. The Kier molecular flexibility index (Phi) is 16.2. The van der Waals surface area contributed by atoms with E-state index in [1.807, 2.05) is 0 Å². The van der Waals surface area contributed by atoms with Gasteiger partial charge in [0.25, 0.3) is 16.1 Å². The van der Waals surface area contributed by atoms with Crippen LogP contribution in [-0.2, 0) is 19.5 Å². The van der Waals surface area contributed by atoms with Crippen LogP contribution in [0, 0.1) is 0 Å². The van der Waals surface area contributed by atoms with E-state index in [0.717, 1.165) is 12.0 Å². The molecule has 24 heteroatoms. The fourth-order valence-electron chi connectivity index (χ4n) is 3.78. The molecule has 22 nitrogen and oxygen atoms in total. The largest absolute Gasteiger partial charge is 0.395 e. The minimum Gasteiger partial charge on any atom is -0.395 e. The van der Waals surface area contributed by atoms with Crippen LogP contribution < -0.4 is 25.8 Å². The van der Waals surface area contributed by atoms with E-state index in [9.17, 15) is 28.8 Å². The number of aliphatic hydroxyl groups excluding tert-OH is 4. The fourth-order valence-corrected chi connectivity index (χ4v) is 4.37. The van der Waals surface area contributed by atoms with Gasteiger partial charge in [-0.05, 0) is 18.2 Å². The third-order valence-electron chi connectivity index (χ3n) is 5.73. The smallest absolute Gasteiger partial charge is 0.266 e. The van der Waals surface area contributed by atoms with Crippen molar-refractivity contribution in [1.82, 2.24) is 29.9 Å². The zero-order valence-electron chi connectivity index (χ0n) is 25.3. The Bertz CT molecular complexity index is 1550. The lowest BCUT2D eigenvalue weighted by Gasteiger charge is -2.21. The van der Waals surface area contributed by atoms with E-state index in [-0.39, 0.29) is 101 Å². The van der Waals surface area contributed by atoms with Crippen LogP contribution in [0.4, 0.5) is 47.1 Å². The molecule has 0 aliphatic carbocycles. The molecule has 0 radical (unpaired) electrons. The van der Waals surface area contributed by atoms with E-state index in [2.05, 4.69) is 60.2 Å².